The molecule has 0 aromatic carbocycles. The Morgan fingerprint density at radius 1 is 1.17 bits per heavy atom. The molecular formula is C22H23F2N9O2. The van der Waals surface area contributed by atoms with Crippen molar-refractivity contribution in [1.82, 2.24) is 30.1 Å². The van der Waals surface area contributed by atoms with Crippen molar-refractivity contribution in [2.45, 2.75) is 37.0 Å². The van der Waals surface area contributed by atoms with E-state index in [9.17, 15) is 18.4 Å². The highest BCUT2D eigenvalue weighted by atomic mass is 19.3. The highest BCUT2D eigenvalue weighted by Crippen LogP contribution is 2.78. The van der Waals surface area contributed by atoms with Crippen LogP contribution in [-0.4, -0.2) is 62.7 Å². The molecule has 2 saturated carbocycles. The summed E-state index contributed by atoms with van der Waals surface area (Å²) in [7, 11) is 1.47. The molecule has 13 heteroatoms. The number of carbonyl (C=O) groups excluding carboxylic acids is 2. The molecule has 0 unspecified atom stereocenters. The number of fused-ring (bicyclic) bond motifs is 1. The van der Waals surface area contributed by atoms with Gasteiger partial charge in [0, 0.05) is 20.0 Å². The molecule has 0 bridgehead atoms. The van der Waals surface area contributed by atoms with Gasteiger partial charge in [0.1, 0.15) is 0 Å². The summed E-state index contributed by atoms with van der Waals surface area (Å²) in [5, 5.41) is 18.2. The van der Waals surface area contributed by atoms with Gasteiger partial charge in [-0.15, -0.1) is 10.2 Å². The van der Waals surface area contributed by atoms with E-state index >= 15 is 0 Å². The van der Waals surface area contributed by atoms with Crippen molar-refractivity contribution in [2.24, 2.45) is 11.1 Å². The number of primary amides is 1. The first kappa shape index (κ1) is 21.6. The molecule has 2 amide bonds. The number of nitrogens with zero attached hydrogens (tertiary/aromatic N) is 6. The van der Waals surface area contributed by atoms with Crippen molar-refractivity contribution in [3.63, 3.8) is 0 Å². The number of nitrogens with one attached hydrogen (secondary N) is 2. The summed E-state index contributed by atoms with van der Waals surface area (Å²) in [5.41, 5.74) is 6.54. The van der Waals surface area contributed by atoms with Crippen LogP contribution in [0, 0.1) is 5.41 Å². The third kappa shape index (κ3) is 3.28. The number of pyridine rings is 1. The fourth-order valence-electron chi connectivity index (χ4n) is 5.23. The molecule has 3 aliphatic rings. The number of amides is 2. The van der Waals surface area contributed by atoms with Gasteiger partial charge in [-0.05, 0) is 42.9 Å². The SMILES string of the molecule is CNC(=O)c1nnc([C@@]2(C(N)=O)CC23CC3)cc1Nc1nc2ccc(N3CCC(F)(F)C3)cn2n1. The Hall–Kier alpha value is -3.90. The molecule has 1 spiro atoms. The third-order valence-electron chi connectivity index (χ3n) is 7.43. The maximum Gasteiger partial charge on any atom is 0.273 e. The van der Waals surface area contributed by atoms with Crippen LogP contribution in [0.3, 0.4) is 0 Å². The van der Waals surface area contributed by atoms with Crippen LogP contribution in [0.1, 0.15) is 41.9 Å². The summed E-state index contributed by atoms with van der Waals surface area (Å²) in [6.45, 7) is -0.0925. The summed E-state index contributed by atoms with van der Waals surface area (Å²) in [6.07, 6.45) is 3.86. The first-order valence-corrected chi connectivity index (χ1v) is 11.3. The van der Waals surface area contributed by atoms with Gasteiger partial charge in [-0.1, -0.05) is 0 Å². The Morgan fingerprint density at radius 3 is 2.60 bits per heavy atom. The Balaban J connectivity index is 1.34. The standard InChI is InChI=1S/C22H23F2N9O2/c1-26-17(34)16-13(8-14(29-30-16)22(18(25)35)10-20(22)4-5-20)27-19-28-15-3-2-12(9-33(15)31-19)32-7-6-21(23,24)11-32/h2-3,8-9H,4-7,10-11H2,1H3,(H2,25,35)(H,26,34)(H,27,29,31)/t22-/m1/s1. The molecule has 2 aliphatic carbocycles. The van der Waals surface area contributed by atoms with E-state index in [1.807, 2.05) is 0 Å². The van der Waals surface area contributed by atoms with Gasteiger partial charge >= 0.3 is 0 Å². The fourth-order valence-corrected chi connectivity index (χ4v) is 5.23. The summed E-state index contributed by atoms with van der Waals surface area (Å²) < 4.78 is 28.8. The lowest BCUT2D eigenvalue weighted by Crippen LogP contribution is -2.33. The number of anilines is 3. The predicted octanol–water partition coefficient (Wildman–Crippen LogP) is 1.37. The molecule has 1 aliphatic heterocycles. The highest BCUT2D eigenvalue weighted by Gasteiger charge is 2.78. The molecule has 1 atom stereocenters. The number of carbonyl (C=O) groups is 2. The van der Waals surface area contributed by atoms with Crippen molar-refractivity contribution in [3.05, 3.63) is 35.8 Å². The molecule has 4 heterocycles. The van der Waals surface area contributed by atoms with Crippen LogP contribution >= 0.6 is 0 Å². The number of hydrogen-bond acceptors (Lipinski definition) is 8. The number of rotatable bonds is 6. The maximum atomic E-state index is 13.6. The number of alkyl halides is 2. The van der Waals surface area contributed by atoms with Crippen molar-refractivity contribution in [3.8, 4) is 0 Å². The van der Waals surface area contributed by atoms with Gasteiger partial charge in [0.25, 0.3) is 11.8 Å². The second kappa shape index (κ2) is 7.06. The van der Waals surface area contributed by atoms with Gasteiger partial charge in [-0.2, -0.15) is 10.1 Å². The second-order valence-electron chi connectivity index (χ2n) is 9.58. The molecular weight excluding hydrogens is 460 g/mol. The third-order valence-corrected chi connectivity index (χ3v) is 7.43. The van der Waals surface area contributed by atoms with E-state index in [4.69, 9.17) is 5.73 Å². The Bertz CT molecular complexity index is 1390. The van der Waals surface area contributed by atoms with Gasteiger partial charge in [-0.3, -0.25) is 9.59 Å². The molecule has 3 fully saturated rings. The van der Waals surface area contributed by atoms with Crippen LogP contribution in [-0.2, 0) is 10.2 Å². The minimum Gasteiger partial charge on any atom is -0.369 e. The molecule has 35 heavy (non-hydrogen) atoms. The van der Waals surface area contributed by atoms with E-state index < -0.39 is 23.2 Å². The molecule has 182 valence electrons. The lowest BCUT2D eigenvalue weighted by Gasteiger charge is -2.17. The molecule has 11 nitrogen and oxygen atoms in total. The van der Waals surface area contributed by atoms with Gasteiger partial charge in [-0.25, -0.2) is 13.3 Å². The zero-order chi connectivity index (χ0) is 24.6. The molecule has 4 N–H and O–H groups in total. The van der Waals surface area contributed by atoms with E-state index in [1.54, 1.807) is 29.3 Å². The number of nitrogens with two attached hydrogens (primary N) is 1. The van der Waals surface area contributed by atoms with Crippen LogP contribution in [0.4, 0.5) is 26.1 Å². The maximum absolute atomic E-state index is 13.6. The fraction of sp³-hybridized carbons (Fsp3) is 0.455. The van der Waals surface area contributed by atoms with Crippen LogP contribution < -0.4 is 21.3 Å². The smallest absolute Gasteiger partial charge is 0.273 e. The first-order chi connectivity index (χ1) is 16.7. The van der Waals surface area contributed by atoms with Crippen LogP contribution in [0.5, 0.6) is 0 Å². The van der Waals surface area contributed by atoms with Crippen molar-refractivity contribution in [1.29, 1.82) is 0 Å². The quantitative estimate of drug-likeness (QED) is 0.477. The van der Waals surface area contributed by atoms with Crippen molar-refractivity contribution >= 4 is 34.8 Å². The lowest BCUT2D eigenvalue weighted by molar-refractivity contribution is -0.121. The number of halogens is 2. The van der Waals surface area contributed by atoms with Crippen LogP contribution in [0.15, 0.2) is 24.4 Å². The second-order valence-corrected chi connectivity index (χ2v) is 9.58. The van der Waals surface area contributed by atoms with Crippen molar-refractivity contribution in [2.75, 3.05) is 30.4 Å². The van der Waals surface area contributed by atoms with E-state index in [-0.39, 0.29) is 42.3 Å². The summed E-state index contributed by atoms with van der Waals surface area (Å²) >= 11 is 0. The Labute approximate surface area is 198 Å². The van der Waals surface area contributed by atoms with E-state index in [0.717, 1.165) is 12.8 Å². The largest absolute Gasteiger partial charge is 0.369 e. The predicted molar refractivity (Wildman–Crippen MR) is 121 cm³/mol. The monoisotopic (exact) mass is 483 g/mol. The molecule has 3 aromatic heterocycles. The Morgan fingerprint density at radius 2 is 1.97 bits per heavy atom. The van der Waals surface area contributed by atoms with E-state index in [1.165, 1.54) is 11.6 Å². The Kier molecular flexibility index (Phi) is 4.36. The van der Waals surface area contributed by atoms with E-state index in [0.29, 0.717) is 23.4 Å². The van der Waals surface area contributed by atoms with Crippen LogP contribution in [0.25, 0.3) is 5.65 Å². The van der Waals surface area contributed by atoms with Gasteiger partial charge in [0.05, 0.1) is 35.2 Å². The minimum absolute atomic E-state index is 0.0141. The molecule has 3 aromatic rings. The number of aromatic nitrogens is 5. The summed E-state index contributed by atoms with van der Waals surface area (Å²) in [6, 6.07) is 5.01. The number of hydrogen-bond donors (Lipinski definition) is 3. The zero-order valence-corrected chi connectivity index (χ0v) is 18.9. The summed E-state index contributed by atoms with van der Waals surface area (Å²) in [5.74, 6) is -3.47. The molecule has 1 saturated heterocycles. The van der Waals surface area contributed by atoms with Gasteiger partial charge in [0.2, 0.25) is 11.9 Å². The van der Waals surface area contributed by atoms with Gasteiger partial charge < -0.3 is 21.3 Å². The van der Waals surface area contributed by atoms with E-state index in [2.05, 4.69) is 30.9 Å². The van der Waals surface area contributed by atoms with Crippen molar-refractivity contribution < 1.29 is 18.4 Å². The molecule has 0 radical (unpaired) electrons. The first-order valence-electron chi connectivity index (χ1n) is 11.3. The minimum atomic E-state index is -2.71. The normalized spacial score (nSPS) is 23.5. The zero-order valence-electron chi connectivity index (χ0n) is 18.9. The average molecular weight is 483 g/mol. The topological polar surface area (TPSA) is 143 Å². The molecule has 6 rings (SSSR count). The van der Waals surface area contributed by atoms with Crippen LogP contribution in [0.2, 0.25) is 0 Å². The average Bonchev–Trinajstić information content (AvgIpc) is 3.65. The lowest BCUT2D eigenvalue weighted by atomic mass is 9.96. The highest BCUT2D eigenvalue weighted by molar-refractivity contribution is 5.98. The summed E-state index contributed by atoms with van der Waals surface area (Å²) in [4.78, 5) is 30.8. The van der Waals surface area contributed by atoms with Gasteiger partial charge in [0.15, 0.2) is 11.3 Å².